The van der Waals surface area contributed by atoms with Crippen molar-refractivity contribution in [3.05, 3.63) is 22.7 Å². The summed E-state index contributed by atoms with van der Waals surface area (Å²) in [7, 11) is 3.18. The van der Waals surface area contributed by atoms with Crippen LogP contribution in [0, 0.1) is 0 Å². The zero-order valence-corrected chi connectivity index (χ0v) is 14.3. The van der Waals surface area contributed by atoms with Crippen LogP contribution in [-0.4, -0.2) is 49.5 Å². The van der Waals surface area contributed by atoms with Crippen molar-refractivity contribution in [2.24, 2.45) is 5.73 Å². The monoisotopic (exact) mass is 358 g/mol. The highest BCUT2D eigenvalue weighted by Gasteiger charge is 2.29. The van der Waals surface area contributed by atoms with E-state index in [1.165, 1.54) is 0 Å². The van der Waals surface area contributed by atoms with Crippen LogP contribution in [-0.2, 0) is 6.54 Å². The average Bonchev–Trinajstić information content (AvgIpc) is 2.70. The quantitative estimate of drug-likeness (QED) is 0.856. The summed E-state index contributed by atoms with van der Waals surface area (Å²) in [5.41, 5.74) is 6.68. The van der Waals surface area contributed by atoms with Gasteiger partial charge in [-0.1, -0.05) is 11.6 Å². The molecule has 0 spiro atoms. The Morgan fingerprint density at radius 2 is 1.95 bits per heavy atom. The molecule has 0 radical (unpaired) electrons. The number of nitrogens with zero attached hydrogens (tertiary/aromatic N) is 1. The van der Waals surface area contributed by atoms with E-state index in [-0.39, 0.29) is 30.9 Å². The molecule has 0 amide bonds. The second-order valence-electron chi connectivity index (χ2n) is 4.72. The summed E-state index contributed by atoms with van der Waals surface area (Å²) in [6, 6.07) is 3.35. The molecule has 2 atom stereocenters. The van der Waals surface area contributed by atoms with Crippen LogP contribution >= 0.6 is 36.4 Å². The fourth-order valence-electron chi connectivity index (χ4n) is 2.29. The summed E-state index contributed by atoms with van der Waals surface area (Å²) >= 11 is 6.26. The largest absolute Gasteiger partial charge is 0.497 e. The van der Waals surface area contributed by atoms with Crippen LogP contribution in [0.1, 0.15) is 5.56 Å². The number of β-amino-alcohol motifs (C(OH)–C–C–N with tert-alkyl or cyclic N) is 1. The highest BCUT2D eigenvalue weighted by atomic mass is 35.5. The molecule has 1 saturated heterocycles. The minimum Gasteiger partial charge on any atom is -0.497 e. The predicted molar refractivity (Wildman–Crippen MR) is 88.3 cm³/mol. The molecule has 0 aromatic heterocycles. The maximum absolute atomic E-state index is 9.67. The van der Waals surface area contributed by atoms with E-state index >= 15 is 0 Å². The summed E-state index contributed by atoms with van der Waals surface area (Å²) < 4.78 is 10.5. The Morgan fingerprint density at radius 1 is 1.29 bits per heavy atom. The molecule has 8 heteroatoms. The minimum absolute atomic E-state index is 0. The van der Waals surface area contributed by atoms with Crippen LogP contribution in [0.15, 0.2) is 12.1 Å². The lowest BCUT2D eigenvalue weighted by molar-refractivity contribution is 0.164. The number of likely N-dealkylation sites (tertiary alicyclic amines) is 1. The molecule has 0 aliphatic carbocycles. The second kappa shape index (κ2) is 8.88. The summed E-state index contributed by atoms with van der Waals surface area (Å²) in [5, 5.41) is 10.3. The van der Waals surface area contributed by atoms with Gasteiger partial charge in [-0.15, -0.1) is 24.8 Å². The van der Waals surface area contributed by atoms with E-state index < -0.39 is 6.10 Å². The molecule has 1 aliphatic heterocycles. The third kappa shape index (κ3) is 4.77. The highest BCUT2D eigenvalue weighted by molar-refractivity contribution is 6.31. The Bertz CT molecular complexity index is 453. The third-order valence-corrected chi connectivity index (χ3v) is 3.71. The zero-order chi connectivity index (χ0) is 14.0. The number of aliphatic hydroxyl groups is 1. The van der Waals surface area contributed by atoms with Gasteiger partial charge in [-0.25, -0.2) is 0 Å². The fourth-order valence-corrected chi connectivity index (χ4v) is 2.55. The lowest BCUT2D eigenvalue weighted by Gasteiger charge is -2.19. The van der Waals surface area contributed by atoms with E-state index in [2.05, 4.69) is 4.90 Å². The van der Waals surface area contributed by atoms with Gasteiger partial charge in [0.1, 0.15) is 11.5 Å². The summed E-state index contributed by atoms with van der Waals surface area (Å²) in [6.45, 7) is 1.79. The Labute approximate surface area is 142 Å². The van der Waals surface area contributed by atoms with Crippen LogP contribution in [0.2, 0.25) is 5.02 Å². The SMILES string of the molecule is COc1cc(Cl)c(CN2C[C@@H](N)[C@H](O)C2)c(OC)c1.Cl.Cl. The third-order valence-electron chi connectivity index (χ3n) is 3.37. The molecule has 1 aromatic carbocycles. The Kier molecular flexibility index (Phi) is 8.70. The predicted octanol–water partition coefficient (Wildman–Crippen LogP) is 1.70. The van der Waals surface area contributed by atoms with Crippen LogP contribution in [0.3, 0.4) is 0 Å². The van der Waals surface area contributed by atoms with Gasteiger partial charge in [0, 0.05) is 37.3 Å². The average molecular weight is 360 g/mol. The lowest BCUT2D eigenvalue weighted by atomic mass is 10.1. The van der Waals surface area contributed by atoms with Gasteiger partial charge in [0.25, 0.3) is 0 Å². The van der Waals surface area contributed by atoms with Gasteiger partial charge in [-0.2, -0.15) is 0 Å². The van der Waals surface area contributed by atoms with Crippen molar-refractivity contribution >= 4 is 36.4 Å². The van der Waals surface area contributed by atoms with E-state index in [9.17, 15) is 5.11 Å². The number of nitrogens with two attached hydrogens (primary N) is 1. The minimum atomic E-state index is -0.483. The fraction of sp³-hybridized carbons (Fsp3) is 0.538. The number of hydrogen-bond acceptors (Lipinski definition) is 5. The Hall–Kier alpha value is -0.430. The van der Waals surface area contributed by atoms with E-state index in [0.717, 1.165) is 5.56 Å². The first-order valence-electron chi connectivity index (χ1n) is 6.11. The molecule has 1 aliphatic rings. The highest BCUT2D eigenvalue weighted by Crippen LogP contribution is 2.33. The molecular weight excluding hydrogens is 339 g/mol. The van der Waals surface area contributed by atoms with E-state index in [4.69, 9.17) is 26.8 Å². The maximum atomic E-state index is 9.67. The first-order valence-corrected chi connectivity index (χ1v) is 6.49. The normalized spacial score (nSPS) is 21.4. The van der Waals surface area contributed by atoms with E-state index in [1.54, 1.807) is 26.4 Å². The van der Waals surface area contributed by atoms with Crippen LogP contribution in [0.5, 0.6) is 11.5 Å². The second-order valence-corrected chi connectivity index (χ2v) is 5.12. The van der Waals surface area contributed by atoms with Gasteiger partial charge in [0.15, 0.2) is 0 Å². The maximum Gasteiger partial charge on any atom is 0.128 e. The van der Waals surface area contributed by atoms with E-state index in [0.29, 0.717) is 36.2 Å². The molecule has 1 heterocycles. The van der Waals surface area contributed by atoms with Crippen LogP contribution < -0.4 is 15.2 Å². The molecule has 0 bridgehead atoms. The summed E-state index contributed by atoms with van der Waals surface area (Å²) in [5.74, 6) is 1.34. The molecule has 5 nitrogen and oxygen atoms in total. The molecule has 0 unspecified atom stereocenters. The number of aliphatic hydroxyl groups excluding tert-OH is 1. The number of halogens is 3. The van der Waals surface area contributed by atoms with Crippen molar-refractivity contribution in [2.45, 2.75) is 18.7 Å². The standard InChI is InChI=1S/C13H19ClN2O3.2ClH/c1-18-8-3-10(14)9(13(4-8)19-2)5-16-6-11(15)12(17)7-16;;/h3-4,11-12,17H,5-7,15H2,1-2H3;2*1H/t11-,12-;;/m1../s1. The Balaban J connectivity index is 0.00000200. The van der Waals surface area contributed by atoms with Crippen molar-refractivity contribution < 1.29 is 14.6 Å². The Morgan fingerprint density at radius 3 is 2.43 bits per heavy atom. The van der Waals surface area contributed by atoms with Crippen LogP contribution in [0.4, 0.5) is 0 Å². The van der Waals surface area contributed by atoms with Gasteiger partial charge in [0.05, 0.1) is 25.3 Å². The molecule has 0 saturated carbocycles. The van der Waals surface area contributed by atoms with Crippen molar-refractivity contribution in [2.75, 3.05) is 27.3 Å². The number of methoxy groups -OCH3 is 2. The number of ether oxygens (including phenoxy) is 2. The summed E-state index contributed by atoms with van der Waals surface area (Å²) in [4.78, 5) is 2.06. The number of benzene rings is 1. The van der Waals surface area contributed by atoms with Gasteiger partial charge in [-0.05, 0) is 6.07 Å². The van der Waals surface area contributed by atoms with Crippen molar-refractivity contribution in [3.63, 3.8) is 0 Å². The van der Waals surface area contributed by atoms with Gasteiger partial charge >= 0.3 is 0 Å². The van der Waals surface area contributed by atoms with Gasteiger partial charge < -0.3 is 20.3 Å². The topological polar surface area (TPSA) is 68.0 Å². The molecule has 3 N–H and O–H groups in total. The molecule has 1 fully saturated rings. The molecule has 21 heavy (non-hydrogen) atoms. The first kappa shape index (κ1) is 20.6. The van der Waals surface area contributed by atoms with Crippen molar-refractivity contribution in [1.29, 1.82) is 0 Å². The first-order chi connectivity index (χ1) is 9.05. The smallest absolute Gasteiger partial charge is 0.128 e. The molecule has 2 rings (SSSR count). The zero-order valence-electron chi connectivity index (χ0n) is 11.9. The number of rotatable bonds is 4. The van der Waals surface area contributed by atoms with Gasteiger partial charge in [0.2, 0.25) is 0 Å². The van der Waals surface area contributed by atoms with Crippen molar-refractivity contribution in [3.8, 4) is 11.5 Å². The summed E-state index contributed by atoms with van der Waals surface area (Å²) in [6.07, 6.45) is -0.483. The van der Waals surface area contributed by atoms with Crippen molar-refractivity contribution in [1.82, 2.24) is 4.90 Å². The van der Waals surface area contributed by atoms with Gasteiger partial charge in [-0.3, -0.25) is 4.90 Å². The lowest BCUT2D eigenvalue weighted by Crippen LogP contribution is -2.32. The molecular formula is C13H21Cl3N2O3. The molecule has 122 valence electrons. The molecule has 1 aromatic rings. The van der Waals surface area contributed by atoms with Crippen LogP contribution in [0.25, 0.3) is 0 Å². The number of hydrogen-bond donors (Lipinski definition) is 2. The van der Waals surface area contributed by atoms with E-state index in [1.807, 2.05) is 0 Å².